The van der Waals surface area contributed by atoms with Gasteiger partial charge in [-0.1, -0.05) is 71.2 Å². The molecule has 38 heavy (non-hydrogen) atoms. The zero-order valence-electron chi connectivity index (χ0n) is 21.1. The molecule has 0 aliphatic rings. The number of hydrogen-bond donors (Lipinski definition) is 1. The summed E-state index contributed by atoms with van der Waals surface area (Å²) >= 11 is 18.7. The summed E-state index contributed by atoms with van der Waals surface area (Å²) in [5.74, 6) is -1.00. The number of nitrogens with one attached hydrogen (secondary N) is 1. The van der Waals surface area contributed by atoms with Gasteiger partial charge in [0, 0.05) is 27.7 Å². The maximum absolute atomic E-state index is 13.9. The van der Waals surface area contributed by atoms with Crippen molar-refractivity contribution >= 4 is 62.3 Å². The lowest BCUT2D eigenvalue weighted by molar-refractivity contribution is -0.139. The van der Waals surface area contributed by atoms with E-state index >= 15 is 0 Å². The molecule has 7 nitrogen and oxygen atoms in total. The summed E-state index contributed by atoms with van der Waals surface area (Å²) in [6.07, 6.45) is 0. The first kappa shape index (κ1) is 29.8. The lowest BCUT2D eigenvalue weighted by Gasteiger charge is -2.32. The van der Waals surface area contributed by atoms with Crippen LogP contribution in [0, 0.1) is 0 Å². The number of rotatable bonds is 10. The Balaban J connectivity index is 2.07. The molecule has 2 amide bonds. The van der Waals surface area contributed by atoms with Gasteiger partial charge < -0.3 is 10.2 Å². The third-order valence-electron chi connectivity index (χ3n) is 5.64. The first-order valence-corrected chi connectivity index (χ1v) is 14.3. The van der Waals surface area contributed by atoms with Gasteiger partial charge in [0.1, 0.15) is 12.6 Å². The van der Waals surface area contributed by atoms with Crippen molar-refractivity contribution < 1.29 is 18.0 Å². The van der Waals surface area contributed by atoms with E-state index in [0.29, 0.717) is 10.6 Å². The van der Waals surface area contributed by atoms with Crippen LogP contribution >= 0.6 is 34.8 Å². The van der Waals surface area contributed by atoms with Crippen molar-refractivity contribution in [2.75, 3.05) is 10.8 Å². The fraction of sp³-hybridized carbons (Fsp3) is 0.259. The Bertz CT molecular complexity index is 1380. The summed E-state index contributed by atoms with van der Waals surface area (Å²) in [5.41, 5.74) is 0.715. The zero-order chi connectivity index (χ0) is 28.0. The zero-order valence-corrected chi connectivity index (χ0v) is 24.2. The number of sulfonamides is 1. The Morgan fingerprint density at radius 1 is 0.868 bits per heavy atom. The summed E-state index contributed by atoms with van der Waals surface area (Å²) in [7, 11) is -4.22. The molecule has 0 unspecified atom stereocenters. The molecule has 1 N–H and O–H groups in total. The minimum Gasteiger partial charge on any atom is -0.352 e. The molecule has 11 heteroatoms. The van der Waals surface area contributed by atoms with Gasteiger partial charge in [0.15, 0.2) is 0 Å². The van der Waals surface area contributed by atoms with E-state index in [1.165, 1.54) is 35.2 Å². The highest BCUT2D eigenvalue weighted by molar-refractivity contribution is 7.92. The Morgan fingerprint density at radius 2 is 1.45 bits per heavy atom. The van der Waals surface area contributed by atoms with E-state index in [2.05, 4.69) is 5.32 Å². The molecular weight excluding hydrogens is 569 g/mol. The van der Waals surface area contributed by atoms with E-state index in [0.717, 1.165) is 4.31 Å². The van der Waals surface area contributed by atoms with Gasteiger partial charge in [-0.3, -0.25) is 13.9 Å². The largest absolute Gasteiger partial charge is 0.352 e. The molecule has 0 bridgehead atoms. The molecule has 3 aromatic carbocycles. The van der Waals surface area contributed by atoms with Crippen molar-refractivity contribution in [1.82, 2.24) is 10.2 Å². The van der Waals surface area contributed by atoms with Gasteiger partial charge in [-0.2, -0.15) is 0 Å². The molecule has 0 spiro atoms. The number of carbonyl (C=O) groups is 2. The molecule has 0 aliphatic carbocycles. The molecule has 3 rings (SSSR count). The van der Waals surface area contributed by atoms with Crippen molar-refractivity contribution in [2.24, 2.45) is 0 Å². The Kier molecular flexibility index (Phi) is 10.1. The van der Waals surface area contributed by atoms with Gasteiger partial charge in [0.25, 0.3) is 10.0 Å². The number of anilines is 1. The van der Waals surface area contributed by atoms with E-state index in [4.69, 9.17) is 34.8 Å². The Labute approximate surface area is 238 Å². The third-order valence-corrected chi connectivity index (χ3v) is 8.24. The minimum atomic E-state index is -4.22. The molecule has 3 aromatic rings. The van der Waals surface area contributed by atoms with Crippen molar-refractivity contribution in [3.8, 4) is 0 Å². The molecule has 1 atom stereocenters. The van der Waals surface area contributed by atoms with Crippen LogP contribution in [-0.2, 0) is 26.2 Å². The molecule has 0 saturated carbocycles. The average Bonchev–Trinajstić information content (AvgIpc) is 2.85. The van der Waals surface area contributed by atoms with Crippen LogP contribution < -0.4 is 9.62 Å². The van der Waals surface area contributed by atoms with E-state index in [1.807, 2.05) is 13.8 Å². The predicted molar refractivity (Wildman–Crippen MR) is 152 cm³/mol. The van der Waals surface area contributed by atoms with Crippen LogP contribution in [0.1, 0.15) is 26.3 Å². The highest BCUT2D eigenvalue weighted by Gasteiger charge is 2.33. The van der Waals surface area contributed by atoms with Crippen LogP contribution in [0.25, 0.3) is 0 Å². The maximum atomic E-state index is 13.9. The third kappa shape index (κ3) is 7.41. The Morgan fingerprint density at radius 3 is 2.03 bits per heavy atom. The summed E-state index contributed by atoms with van der Waals surface area (Å²) in [5, 5.41) is 3.62. The van der Waals surface area contributed by atoms with Crippen LogP contribution in [0.5, 0.6) is 0 Å². The quantitative estimate of drug-likeness (QED) is 0.321. The molecule has 0 fully saturated rings. The smallest absolute Gasteiger partial charge is 0.264 e. The number of nitrogens with zero attached hydrogens (tertiary/aromatic N) is 2. The number of benzene rings is 3. The van der Waals surface area contributed by atoms with Crippen molar-refractivity contribution in [3.05, 3.63) is 93.4 Å². The summed E-state index contributed by atoms with van der Waals surface area (Å²) in [4.78, 5) is 28.1. The van der Waals surface area contributed by atoms with E-state index in [1.54, 1.807) is 49.4 Å². The molecule has 0 aromatic heterocycles. The highest BCUT2D eigenvalue weighted by atomic mass is 35.5. The normalized spacial score (nSPS) is 12.2. The topological polar surface area (TPSA) is 86.8 Å². The summed E-state index contributed by atoms with van der Waals surface area (Å²) in [6, 6.07) is 17.8. The Hall–Kier alpha value is -2.78. The molecule has 0 saturated heterocycles. The van der Waals surface area contributed by atoms with Crippen molar-refractivity contribution in [1.29, 1.82) is 0 Å². The number of halogens is 3. The van der Waals surface area contributed by atoms with Gasteiger partial charge in [0.2, 0.25) is 11.8 Å². The first-order valence-electron chi connectivity index (χ1n) is 11.8. The standard InChI is InChI=1S/C27H28Cl3N3O4S/c1-18(2)31-27(35)19(3)32(16-20-9-7-8-12-25(20)30)26(34)17-33(23-14-21(28)13-22(29)15-23)38(36,37)24-10-5-4-6-11-24/h4-15,18-19H,16-17H2,1-3H3,(H,31,35)/t19-/m1/s1. The highest BCUT2D eigenvalue weighted by Crippen LogP contribution is 2.30. The number of hydrogen-bond acceptors (Lipinski definition) is 4. The fourth-order valence-electron chi connectivity index (χ4n) is 3.73. The molecule has 202 valence electrons. The van der Waals surface area contributed by atoms with E-state index in [-0.39, 0.29) is 39.1 Å². The number of amides is 2. The monoisotopic (exact) mass is 595 g/mol. The first-order chi connectivity index (χ1) is 17.9. The minimum absolute atomic E-state index is 0.0132. The summed E-state index contributed by atoms with van der Waals surface area (Å²) < 4.78 is 28.4. The van der Waals surface area contributed by atoms with Crippen LogP contribution in [0.4, 0.5) is 5.69 Å². The molecule has 0 heterocycles. The molecule has 0 radical (unpaired) electrons. The van der Waals surface area contributed by atoms with Crippen molar-refractivity contribution in [3.63, 3.8) is 0 Å². The fourth-order valence-corrected chi connectivity index (χ4v) is 5.86. The predicted octanol–water partition coefficient (Wildman–Crippen LogP) is 5.78. The van der Waals surface area contributed by atoms with Gasteiger partial charge in [-0.25, -0.2) is 8.42 Å². The number of carbonyl (C=O) groups excluding carboxylic acids is 2. The lowest BCUT2D eigenvalue weighted by Crippen LogP contribution is -2.52. The van der Waals surface area contributed by atoms with Crippen LogP contribution in [0.2, 0.25) is 15.1 Å². The molecular formula is C27H28Cl3N3O4S. The SMILES string of the molecule is CC(C)NC(=O)[C@@H](C)N(Cc1ccccc1Cl)C(=O)CN(c1cc(Cl)cc(Cl)c1)S(=O)(=O)c1ccccc1. The average molecular weight is 597 g/mol. The maximum Gasteiger partial charge on any atom is 0.264 e. The van der Waals surface area contributed by atoms with E-state index in [9.17, 15) is 18.0 Å². The van der Waals surface area contributed by atoms with Gasteiger partial charge in [-0.15, -0.1) is 0 Å². The van der Waals surface area contributed by atoms with Gasteiger partial charge in [0.05, 0.1) is 10.6 Å². The lowest BCUT2D eigenvalue weighted by atomic mass is 10.1. The van der Waals surface area contributed by atoms with E-state index < -0.39 is 28.5 Å². The summed E-state index contributed by atoms with van der Waals surface area (Å²) in [6.45, 7) is 4.57. The van der Waals surface area contributed by atoms with Gasteiger partial charge in [-0.05, 0) is 62.7 Å². The molecule has 0 aliphatic heterocycles. The van der Waals surface area contributed by atoms with Crippen LogP contribution in [0.3, 0.4) is 0 Å². The van der Waals surface area contributed by atoms with Crippen LogP contribution in [0.15, 0.2) is 77.7 Å². The van der Waals surface area contributed by atoms with Crippen LogP contribution in [-0.4, -0.2) is 43.8 Å². The van der Waals surface area contributed by atoms with Gasteiger partial charge >= 0.3 is 0 Å². The second-order valence-corrected chi connectivity index (χ2v) is 12.0. The second kappa shape index (κ2) is 12.8. The van der Waals surface area contributed by atoms with Crippen molar-refractivity contribution in [2.45, 2.75) is 44.3 Å². The second-order valence-electron chi connectivity index (χ2n) is 8.90.